The zero-order chi connectivity index (χ0) is 27.9. The number of nitrogens with zero attached hydrogens (tertiary/aromatic N) is 4. The second kappa shape index (κ2) is 12.4. The third-order valence-corrected chi connectivity index (χ3v) is 6.34. The van der Waals surface area contributed by atoms with E-state index in [1.807, 2.05) is 18.2 Å². The molecule has 0 unspecified atom stereocenters. The number of anilines is 1. The van der Waals surface area contributed by atoms with Crippen LogP contribution < -0.4 is 19.7 Å². The SMILES string of the molecule is COc1ccc([C@H](C(=O)NCCC(C)C)N(C(=O)Cn2nnc3ccccc32)c2ccc(F)cc2)c(OC)c1. The molecule has 9 nitrogen and oxygen atoms in total. The van der Waals surface area contributed by atoms with Crippen LogP contribution in [0.2, 0.25) is 0 Å². The zero-order valence-corrected chi connectivity index (χ0v) is 22.4. The van der Waals surface area contributed by atoms with Gasteiger partial charge in [-0.3, -0.25) is 14.5 Å². The number of hydrogen-bond donors (Lipinski definition) is 1. The minimum atomic E-state index is -1.13. The van der Waals surface area contributed by atoms with Crippen molar-refractivity contribution in [3.8, 4) is 11.5 Å². The van der Waals surface area contributed by atoms with Crippen LogP contribution in [0, 0.1) is 11.7 Å². The molecule has 0 fully saturated rings. The lowest BCUT2D eigenvalue weighted by Gasteiger charge is -2.32. The van der Waals surface area contributed by atoms with Gasteiger partial charge in [-0.05, 0) is 60.9 Å². The number of nitrogens with one attached hydrogen (secondary N) is 1. The molecular weight excluding hydrogens is 501 g/mol. The van der Waals surface area contributed by atoms with E-state index in [9.17, 15) is 14.0 Å². The molecule has 4 aromatic rings. The Morgan fingerprint density at radius 1 is 1.03 bits per heavy atom. The first-order valence-electron chi connectivity index (χ1n) is 12.7. The van der Waals surface area contributed by atoms with Crippen molar-refractivity contribution >= 4 is 28.5 Å². The van der Waals surface area contributed by atoms with E-state index in [0.29, 0.717) is 46.2 Å². The van der Waals surface area contributed by atoms with Crippen molar-refractivity contribution in [2.45, 2.75) is 32.9 Å². The molecule has 3 aromatic carbocycles. The third kappa shape index (κ3) is 6.34. The molecule has 0 radical (unpaired) electrons. The summed E-state index contributed by atoms with van der Waals surface area (Å²) in [6.45, 7) is 4.34. The fourth-order valence-corrected chi connectivity index (χ4v) is 4.30. The Morgan fingerprint density at radius 3 is 2.46 bits per heavy atom. The second-order valence-corrected chi connectivity index (χ2v) is 9.46. The number of ether oxygens (including phenoxy) is 2. The van der Waals surface area contributed by atoms with Gasteiger partial charge < -0.3 is 14.8 Å². The van der Waals surface area contributed by atoms with Crippen molar-refractivity contribution in [2.75, 3.05) is 25.7 Å². The number of methoxy groups -OCH3 is 2. The Kier molecular flexibility index (Phi) is 8.75. The minimum Gasteiger partial charge on any atom is -0.497 e. The molecule has 10 heteroatoms. The van der Waals surface area contributed by atoms with Gasteiger partial charge in [-0.1, -0.05) is 31.2 Å². The maximum absolute atomic E-state index is 14.1. The normalized spacial score (nSPS) is 11.8. The summed E-state index contributed by atoms with van der Waals surface area (Å²) in [5.41, 5.74) is 2.09. The summed E-state index contributed by atoms with van der Waals surface area (Å²) < 4.78 is 26.4. The fraction of sp³-hybridized carbons (Fsp3) is 0.310. The summed E-state index contributed by atoms with van der Waals surface area (Å²) >= 11 is 0. The highest BCUT2D eigenvalue weighted by Crippen LogP contribution is 2.36. The Balaban J connectivity index is 1.82. The maximum Gasteiger partial charge on any atom is 0.249 e. The van der Waals surface area contributed by atoms with Crippen LogP contribution in [-0.4, -0.2) is 47.6 Å². The van der Waals surface area contributed by atoms with Gasteiger partial charge in [0.1, 0.15) is 35.4 Å². The van der Waals surface area contributed by atoms with Crippen LogP contribution in [0.3, 0.4) is 0 Å². The number of carbonyl (C=O) groups is 2. The standard InChI is InChI=1S/C29H32FN5O4/c1-19(2)15-16-31-29(37)28(23-14-13-22(38-3)17-26(23)39-4)35(21-11-9-20(30)10-12-21)27(36)18-34-25-8-6-5-7-24(25)32-33-34/h5-14,17,19,28H,15-16,18H2,1-4H3,(H,31,37)/t28-/m1/s1. The van der Waals surface area contributed by atoms with E-state index in [0.717, 1.165) is 6.42 Å². The molecule has 0 spiro atoms. The van der Waals surface area contributed by atoms with E-state index in [-0.39, 0.29) is 6.54 Å². The van der Waals surface area contributed by atoms with Crippen LogP contribution in [0.4, 0.5) is 10.1 Å². The maximum atomic E-state index is 14.1. The summed E-state index contributed by atoms with van der Waals surface area (Å²) in [6.07, 6.45) is 0.758. The Bertz CT molecular complexity index is 1440. The lowest BCUT2D eigenvalue weighted by atomic mass is 10.0. The highest BCUT2D eigenvalue weighted by molar-refractivity contribution is 6.02. The molecule has 2 amide bonds. The van der Waals surface area contributed by atoms with Gasteiger partial charge in [-0.25, -0.2) is 9.07 Å². The molecule has 204 valence electrons. The molecule has 0 bridgehead atoms. The Hall–Kier alpha value is -4.47. The van der Waals surface area contributed by atoms with Crippen molar-refractivity contribution in [1.82, 2.24) is 20.3 Å². The van der Waals surface area contributed by atoms with Crippen LogP contribution in [0.1, 0.15) is 31.9 Å². The van der Waals surface area contributed by atoms with Gasteiger partial charge in [-0.15, -0.1) is 5.10 Å². The quantitative estimate of drug-likeness (QED) is 0.304. The largest absolute Gasteiger partial charge is 0.497 e. The van der Waals surface area contributed by atoms with Crippen molar-refractivity contribution in [3.63, 3.8) is 0 Å². The van der Waals surface area contributed by atoms with Crippen LogP contribution >= 0.6 is 0 Å². The van der Waals surface area contributed by atoms with Gasteiger partial charge >= 0.3 is 0 Å². The van der Waals surface area contributed by atoms with Gasteiger partial charge in [-0.2, -0.15) is 0 Å². The molecule has 0 aliphatic carbocycles. The average molecular weight is 534 g/mol. The van der Waals surface area contributed by atoms with E-state index in [1.54, 1.807) is 24.3 Å². The van der Waals surface area contributed by atoms with Gasteiger partial charge in [0.2, 0.25) is 11.8 Å². The number of hydrogen-bond acceptors (Lipinski definition) is 6. The number of halogens is 1. The zero-order valence-electron chi connectivity index (χ0n) is 22.4. The smallest absolute Gasteiger partial charge is 0.249 e. The van der Waals surface area contributed by atoms with Gasteiger partial charge in [0, 0.05) is 23.9 Å². The predicted molar refractivity (Wildman–Crippen MR) is 146 cm³/mol. The van der Waals surface area contributed by atoms with Crippen LogP contribution in [0.25, 0.3) is 11.0 Å². The van der Waals surface area contributed by atoms with Crippen molar-refractivity contribution < 1.29 is 23.5 Å². The molecule has 0 saturated heterocycles. The van der Waals surface area contributed by atoms with Crippen molar-refractivity contribution in [3.05, 3.63) is 78.1 Å². The van der Waals surface area contributed by atoms with Crippen LogP contribution in [0.5, 0.6) is 11.5 Å². The first-order valence-corrected chi connectivity index (χ1v) is 12.7. The van der Waals surface area contributed by atoms with E-state index in [1.165, 1.54) is 48.1 Å². The summed E-state index contributed by atoms with van der Waals surface area (Å²) in [6, 6.07) is 16.6. The number of amides is 2. The highest BCUT2D eigenvalue weighted by Gasteiger charge is 2.35. The van der Waals surface area contributed by atoms with Crippen LogP contribution in [-0.2, 0) is 16.1 Å². The number of aromatic nitrogens is 3. The summed E-state index contributed by atoms with van der Waals surface area (Å²) in [5, 5.41) is 11.3. The first kappa shape index (κ1) is 27.6. The van der Waals surface area contributed by atoms with Crippen LogP contribution in [0.15, 0.2) is 66.7 Å². The number of carbonyl (C=O) groups excluding carboxylic acids is 2. The van der Waals surface area contributed by atoms with E-state index in [4.69, 9.17) is 9.47 Å². The molecule has 1 N–H and O–H groups in total. The second-order valence-electron chi connectivity index (χ2n) is 9.46. The third-order valence-electron chi connectivity index (χ3n) is 6.34. The number of benzene rings is 3. The lowest BCUT2D eigenvalue weighted by Crippen LogP contribution is -2.45. The number of fused-ring (bicyclic) bond motifs is 1. The molecule has 4 rings (SSSR count). The van der Waals surface area contributed by atoms with Gasteiger partial charge in [0.15, 0.2) is 0 Å². The Labute approximate surface area is 226 Å². The molecule has 1 atom stereocenters. The summed E-state index contributed by atoms with van der Waals surface area (Å²) in [5.74, 6) is -0.0461. The first-order chi connectivity index (χ1) is 18.8. The minimum absolute atomic E-state index is 0.202. The molecule has 1 aromatic heterocycles. The fourth-order valence-electron chi connectivity index (χ4n) is 4.30. The molecule has 0 saturated carbocycles. The summed E-state index contributed by atoms with van der Waals surface area (Å²) in [7, 11) is 3.01. The molecule has 0 aliphatic rings. The number of rotatable bonds is 11. The predicted octanol–water partition coefficient (Wildman–Crippen LogP) is 4.52. The monoisotopic (exact) mass is 533 g/mol. The molecule has 39 heavy (non-hydrogen) atoms. The summed E-state index contributed by atoms with van der Waals surface area (Å²) in [4.78, 5) is 29.3. The highest BCUT2D eigenvalue weighted by atomic mass is 19.1. The topological polar surface area (TPSA) is 98.6 Å². The lowest BCUT2D eigenvalue weighted by molar-refractivity contribution is -0.127. The van der Waals surface area contributed by atoms with E-state index in [2.05, 4.69) is 29.5 Å². The molecule has 0 aliphatic heterocycles. The van der Waals surface area contributed by atoms with Gasteiger partial charge in [0.25, 0.3) is 0 Å². The van der Waals surface area contributed by atoms with Gasteiger partial charge in [0.05, 0.1) is 19.7 Å². The van der Waals surface area contributed by atoms with E-state index < -0.39 is 23.7 Å². The van der Waals surface area contributed by atoms with Crippen molar-refractivity contribution in [2.24, 2.45) is 5.92 Å². The Morgan fingerprint density at radius 2 is 1.77 bits per heavy atom. The van der Waals surface area contributed by atoms with Crippen molar-refractivity contribution in [1.29, 1.82) is 0 Å². The molecule has 1 heterocycles. The number of para-hydroxylation sites is 1. The van der Waals surface area contributed by atoms with E-state index >= 15 is 0 Å². The average Bonchev–Trinajstić information content (AvgIpc) is 3.34. The molecular formula is C29H32FN5O4.